The van der Waals surface area contributed by atoms with Crippen molar-refractivity contribution in [2.75, 3.05) is 6.61 Å². The Morgan fingerprint density at radius 1 is 1.08 bits per heavy atom. The van der Waals surface area contributed by atoms with E-state index in [2.05, 4.69) is 5.32 Å². The Morgan fingerprint density at radius 2 is 1.84 bits per heavy atom. The third-order valence-corrected chi connectivity index (χ3v) is 4.46. The SMILES string of the molecule is O=C(Cc1ccsc1)NC(COc1ccccc1F)c1ccccc1. The van der Waals surface area contributed by atoms with Gasteiger partial charge in [0, 0.05) is 0 Å². The molecule has 0 bridgehead atoms. The van der Waals surface area contributed by atoms with Crippen LogP contribution in [0.15, 0.2) is 71.4 Å². The average molecular weight is 355 g/mol. The topological polar surface area (TPSA) is 38.3 Å². The molecule has 0 spiro atoms. The summed E-state index contributed by atoms with van der Waals surface area (Å²) in [7, 11) is 0. The largest absolute Gasteiger partial charge is 0.488 e. The second-order valence-electron chi connectivity index (χ2n) is 5.58. The van der Waals surface area contributed by atoms with Gasteiger partial charge in [0.15, 0.2) is 11.6 Å². The molecule has 0 saturated carbocycles. The van der Waals surface area contributed by atoms with Crippen molar-refractivity contribution in [3.05, 3.63) is 88.4 Å². The van der Waals surface area contributed by atoms with E-state index in [-0.39, 0.29) is 24.3 Å². The molecule has 3 nitrogen and oxygen atoms in total. The van der Waals surface area contributed by atoms with E-state index in [4.69, 9.17) is 4.74 Å². The maximum atomic E-state index is 13.7. The number of benzene rings is 2. The highest BCUT2D eigenvalue weighted by molar-refractivity contribution is 7.08. The van der Waals surface area contributed by atoms with Gasteiger partial charge in [0.2, 0.25) is 5.91 Å². The molecule has 1 unspecified atom stereocenters. The van der Waals surface area contributed by atoms with Crippen LogP contribution in [0.3, 0.4) is 0 Å². The van der Waals surface area contributed by atoms with E-state index < -0.39 is 5.82 Å². The number of para-hydroxylation sites is 1. The fourth-order valence-corrected chi connectivity index (χ4v) is 3.13. The molecule has 3 aromatic rings. The third-order valence-electron chi connectivity index (χ3n) is 3.72. The van der Waals surface area contributed by atoms with Crippen LogP contribution in [0, 0.1) is 5.82 Å². The summed E-state index contributed by atoms with van der Waals surface area (Å²) >= 11 is 1.56. The predicted octanol–water partition coefficient (Wildman–Crippen LogP) is 4.37. The van der Waals surface area contributed by atoms with E-state index in [9.17, 15) is 9.18 Å². The summed E-state index contributed by atoms with van der Waals surface area (Å²) in [5.41, 5.74) is 1.89. The van der Waals surface area contributed by atoms with E-state index >= 15 is 0 Å². The van der Waals surface area contributed by atoms with Gasteiger partial charge in [-0.05, 0) is 40.1 Å². The van der Waals surface area contributed by atoms with Gasteiger partial charge in [0.1, 0.15) is 6.61 Å². The quantitative estimate of drug-likeness (QED) is 0.684. The van der Waals surface area contributed by atoms with Crippen molar-refractivity contribution >= 4 is 17.2 Å². The fraction of sp³-hybridized carbons (Fsp3) is 0.150. The normalized spacial score (nSPS) is 11.7. The lowest BCUT2D eigenvalue weighted by Crippen LogP contribution is -2.33. The van der Waals surface area contributed by atoms with Crippen LogP contribution < -0.4 is 10.1 Å². The minimum atomic E-state index is -0.418. The number of ether oxygens (including phenoxy) is 1. The summed E-state index contributed by atoms with van der Waals surface area (Å²) in [5.74, 6) is -0.334. The smallest absolute Gasteiger partial charge is 0.225 e. The maximum absolute atomic E-state index is 13.7. The van der Waals surface area contributed by atoms with Crippen molar-refractivity contribution in [1.29, 1.82) is 0 Å². The molecule has 0 aliphatic rings. The van der Waals surface area contributed by atoms with Crippen LogP contribution >= 0.6 is 11.3 Å². The molecule has 0 fully saturated rings. The molecule has 0 saturated heterocycles. The van der Waals surface area contributed by atoms with Gasteiger partial charge >= 0.3 is 0 Å². The lowest BCUT2D eigenvalue weighted by molar-refractivity contribution is -0.121. The minimum absolute atomic E-state index is 0.0932. The zero-order valence-corrected chi connectivity index (χ0v) is 14.3. The van der Waals surface area contributed by atoms with Gasteiger partial charge in [0.05, 0.1) is 12.5 Å². The monoisotopic (exact) mass is 355 g/mol. The van der Waals surface area contributed by atoms with Crippen molar-refractivity contribution in [2.24, 2.45) is 0 Å². The Morgan fingerprint density at radius 3 is 2.56 bits per heavy atom. The summed E-state index contributed by atoms with van der Waals surface area (Å²) < 4.78 is 19.3. The van der Waals surface area contributed by atoms with Gasteiger partial charge in [-0.25, -0.2) is 4.39 Å². The highest BCUT2D eigenvalue weighted by Gasteiger charge is 2.16. The number of rotatable bonds is 7. The van der Waals surface area contributed by atoms with Gasteiger partial charge in [-0.1, -0.05) is 42.5 Å². The highest BCUT2D eigenvalue weighted by atomic mass is 32.1. The van der Waals surface area contributed by atoms with Crippen molar-refractivity contribution in [2.45, 2.75) is 12.5 Å². The van der Waals surface area contributed by atoms with E-state index in [1.807, 2.05) is 47.2 Å². The lowest BCUT2D eigenvalue weighted by atomic mass is 10.1. The summed E-state index contributed by atoms with van der Waals surface area (Å²) in [4.78, 5) is 12.3. The maximum Gasteiger partial charge on any atom is 0.225 e. The Kier molecular flexibility index (Phi) is 5.80. The van der Waals surface area contributed by atoms with E-state index in [0.717, 1.165) is 11.1 Å². The van der Waals surface area contributed by atoms with Crippen LogP contribution in [-0.4, -0.2) is 12.5 Å². The molecular weight excluding hydrogens is 337 g/mol. The first kappa shape index (κ1) is 17.2. The fourth-order valence-electron chi connectivity index (χ4n) is 2.47. The summed E-state index contributed by atoms with van der Waals surface area (Å²) in [6, 6.07) is 17.4. The molecule has 1 aromatic heterocycles. The molecule has 0 aliphatic carbocycles. The molecule has 3 rings (SSSR count). The molecule has 25 heavy (non-hydrogen) atoms. The number of hydrogen-bond acceptors (Lipinski definition) is 3. The number of thiophene rings is 1. The van der Waals surface area contributed by atoms with Gasteiger partial charge in [-0.3, -0.25) is 4.79 Å². The van der Waals surface area contributed by atoms with Gasteiger partial charge in [0.25, 0.3) is 0 Å². The number of carbonyl (C=O) groups is 1. The molecule has 1 amide bonds. The van der Waals surface area contributed by atoms with Gasteiger partial charge in [-0.15, -0.1) is 0 Å². The van der Waals surface area contributed by atoms with E-state index in [1.165, 1.54) is 6.07 Å². The lowest BCUT2D eigenvalue weighted by Gasteiger charge is -2.20. The third kappa shape index (κ3) is 4.90. The predicted molar refractivity (Wildman–Crippen MR) is 97.2 cm³/mol. The molecule has 1 atom stereocenters. The number of halogens is 1. The molecular formula is C20H18FNO2S. The molecule has 1 heterocycles. The molecule has 0 radical (unpaired) electrons. The second kappa shape index (κ2) is 8.44. The first-order valence-corrected chi connectivity index (χ1v) is 8.89. The molecule has 128 valence electrons. The van der Waals surface area contributed by atoms with Crippen LogP contribution in [0.25, 0.3) is 0 Å². The Balaban J connectivity index is 1.69. The Hall–Kier alpha value is -2.66. The summed E-state index contributed by atoms with van der Waals surface area (Å²) in [5, 5.41) is 6.87. The van der Waals surface area contributed by atoms with Crippen molar-refractivity contribution < 1.29 is 13.9 Å². The van der Waals surface area contributed by atoms with Crippen LogP contribution in [0.2, 0.25) is 0 Å². The number of hydrogen-bond donors (Lipinski definition) is 1. The zero-order chi connectivity index (χ0) is 17.5. The second-order valence-corrected chi connectivity index (χ2v) is 6.36. The highest BCUT2D eigenvalue weighted by Crippen LogP contribution is 2.19. The summed E-state index contributed by atoms with van der Waals surface area (Å²) in [6.45, 7) is 0.153. The van der Waals surface area contributed by atoms with Crippen LogP contribution in [-0.2, 0) is 11.2 Å². The molecule has 1 N–H and O–H groups in total. The van der Waals surface area contributed by atoms with Crippen molar-refractivity contribution in [3.8, 4) is 5.75 Å². The standard InChI is InChI=1S/C20H18FNO2S/c21-17-8-4-5-9-19(17)24-13-18(16-6-2-1-3-7-16)22-20(23)12-15-10-11-25-14-15/h1-11,14,18H,12-13H2,(H,22,23). The first-order chi connectivity index (χ1) is 12.2. The number of nitrogens with one attached hydrogen (secondary N) is 1. The minimum Gasteiger partial charge on any atom is -0.488 e. The zero-order valence-electron chi connectivity index (χ0n) is 13.5. The van der Waals surface area contributed by atoms with Gasteiger partial charge < -0.3 is 10.1 Å². The van der Waals surface area contributed by atoms with E-state index in [1.54, 1.807) is 29.5 Å². The average Bonchev–Trinajstić information content (AvgIpc) is 3.13. The van der Waals surface area contributed by atoms with Crippen LogP contribution in [0.5, 0.6) is 5.75 Å². The van der Waals surface area contributed by atoms with Crippen molar-refractivity contribution in [1.82, 2.24) is 5.32 Å². The van der Waals surface area contributed by atoms with Crippen LogP contribution in [0.1, 0.15) is 17.2 Å². The molecule has 2 aromatic carbocycles. The first-order valence-electron chi connectivity index (χ1n) is 7.95. The number of carbonyl (C=O) groups excluding carboxylic acids is 1. The Labute approximate surface area is 150 Å². The van der Waals surface area contributed by atoms with Crippen molar-refractivity contribution in [3.63, 3.8) is 0 Å². The number of amides is 1. The molecule has 0 aliphatic heterocycles. The molecule has 5 heteroatoms. The Bertz CT molecular complexity index is 806. The van der Waals surface area contributed by atoms with Crippen LogP contribution in [0.4, 0.5) is 4.39 Å². The van der Waals surface area contributed by atoms with Gasteiger partial charge in [-0.2, -0.15) is 11.3 Å². The summed E-state index contributed by atoms with van der Waals surface area (Å²) in [6.07, 6.45) is 0.312. The van der Waals surface area contributed by atoms with E-state index in [0.29, 0.717) is 6.42 Å².